The van der Waals surface area contributed by atoms with E-state index in [0.717, 1.165) is 40.3 Å². The smallest absolute Gasteiger partial charge is 0.136 e. The minimum Gasteiger partial charge on any atom is -0.456 e. The van der Waals surface area contributed by atoms with E-state index in [1.54, 1.807) is 0 Å². The third-order valence-corrected chi connectivity index (χ3v) is 15.4. The Hall–Kier alpha value is -5.77. The summed E-state index contributed by atoms with van der Waals surface area (Å²) in [5, 5.41) is 3.92. The largest absolute Gasteiger partial charge is 0.456 e. The summed E-state index contributed by atoms with van der Waals surface area (Å²) in [5.41, 5.74) is 9.50. The summed E-state index contributed by atoms with van der Waals surface area (Å²) in [6, 6.07) is 53.9. The Labute approximate surface area is 306 Å². The number of aromatic nitrogens is 1. The molecule has 0 amide bonds. The lowest BCUT2D eigenvalue weighted by atomic mass is 9.91. The normalized spacial score (nSPS) is 18.5. The first kappa shape index (κ1) is 31.0. The molecule has 3 atom stereocenters. The van der Waals surface area contributed by atoms with Crippen molar-refractivity contribution in [2.24, 2.45) is 0 Å². The molecule has 10 rings (SSSR count). The lowest BCUT2D eigenvalue weighted by Crippen LogP contribution is -2.20. The molecule has 52 heavy (non-hydrogen) atoms. The minimum absolute atomic E-state index is 0.253. The number of rotatable bonds is 6. The van der Waals surface area contributed by atoms with E-state index in [2.05, 4.69) is 187 Å². The molecule has 0 saturated carbocycles. The zero-order valence-electron chi connectivity index (χ0n) is 29.2. The Morgan fingerprint density at radius 2 is 1.33 bits per heavy atom. The Morgan fingerprint density at radius 3 is 2.17 bits per heavy atom. The van der Waals surface area contributed by atoms with Gasteiger partial charge in [-0.1, -0.05) is 122 Å². The molecule has 2 nitrogen and oxygen atoms in total. The summed E-state index contributed by atoms with van der Waals surface area (Å²) in [5.74, 6) is 0.429. The molecule has 3 heteroatoms. The standard InChI is InChI=1S/C49H39NOS/c1-34-16-13-27-44-48(34)43-26-15-29-47(49(43)50(44)37-18-5-2-6-19-37)52(38-20-7-3-8-21-38,39-22-9-4-10-23-39)40-24-14-17-35(32-40)36-30-31-42-41-25-11-12-28-45(41)51-46(42)33-36/h2-15,17-22,24-34,39H,16,23H2,1H3. The van der Waals surface area contributed by atoms with Gasteiger partial charge in [-0.15, -0.1) is 0 Å². The van der Waals surface area contributed by atoms with Crippen LogP contribution < -0.4 is 0 Å². The zero-order valence-corrected chi connectivity index (χ0v) is 30.0. The number of fused-ring (bicyclic) bond motifs is 6. The maximum atomic E-state index is 6.38. The molecule has 0 spiro atoms. The molecule has 2 heterocycles. The van der Waals surface area contributed by atoms with E-state index < -0.39 is 10.0 Å². The molecular weight excluding hydrogens is 651 g/mol. The lowest BCUT2D eigenvalue weighted by Gasteiger charge is -2.47. The third kappa shape index (κ3) is 4.73. The minimum atomic E-state index is -1.91. The van der Waals surface area contributed by atoms with Gasteiger partial charge in [-0.25, -0.2) is 0 Å². The monoisotopic (exact) mass is 689 g/mol. The van der Waals surface area contributed by atoms with Crippen molar-refractivity contribution in [3.8, 4) is 16.8 Å². The van der Waals surface area contributed by atoms with Crippen molar-refractivity contribution in [2.45, 2.75) is 45.6 Å². The van der Waals surface area contributed by atoms with Crippen LogP contribution in [-0.2, 0) is 0 Å². The third-order valence-electron chi connectivity index (χ3n) is 11.1. The number of hydrogen-bond donors (Lipinski definition) is 0. The molecule has 3 unspecified atom stereocenters. The number of allylic oxidation sites excluding steroid dienone is 4. The SMILES string of the molecule is CC1CC=Cc2c1c1cccc(S(c3ccccc3)(c3cccc(-c4ccc5c(c4)oc4ccccc45)c3)C3C=CC=CC3)c1n2-c1ccccc1. The summed E-state index contributed by atoms with van der Waals surface area (Å²) >= 11 is 0. The predicted molar refractivity (Wildman–Crippen MR) is 220 cm³/mol. The van der Waals surface area contributed by atoms with Gasteiger partial charge in [0.05, 0.1) is 11.2 Å². The van der Waals surface area contributed by atoms with Gasteiger partial charge >= 0.3 is 0 Å². The Morgan fingerprint density at radius 1 is 0.596 bits per heavy atom. The van der Waals surface area contributed by atoms with Crippen LogP contribution in [0.4, 0.5) is 0 Å². The first-order valence-electron chi connectivity index (χ1n) is 18.3. The van der Waals surface area contributed by atoms with Crippen molar-refractivity contribution in [2.75, 3.05) is 0 Å². The van der Waals surface area contributed by atoms with Crippen molar-refractivity contribution >= 4 is 48.9 Å². The molecule has 0 saturated heterocycles. The summed E-state index contributed by atoms with van der Waals surface area (Å²) in [7, 11) is -1.91. The highest BCUT2D eigenvalue weighted by Crippen LogP contribution is 2.74. The van der Waals surface area contributed by atoms with Crippen molar-refractivity contribution in [1.29, 1.82) is 0 Å². The maximum Gasteiger partial charge on any atom is 0.136 e. The van der Waals surface area contributed by atoms with Gasteiger partial charge in [-0.2, -0.15) is 10.0 Å². The van der Waals surface area contributed by atoms with Crippen molar-refractivity contribution in [3.05, 3.63) is 187 Å². The van der Waals surface area contributed by atoms with Crippen LogP contribution in [0.2, 0.25) is 0 Å². The van der Waals surface area contributed by atoms with Gasteiger partial charge in [0, 0.05) is 32.0 Å². The van der Waals surface area contributed by atoms with E-state index in [1.807, 2.05) is 6.07 Å². The van der Waals surface area contributed by atoms with E-state index in [0.29, 0.717) is 5.92 Å². The van der Waals surface area contributed by atoms with Crippen LogP contribution in [0.25, 0.3) is 55.7 Å². The molecule has 2 aliphatic carbocycles. The van der Waals surface area contributed by atoms with E-state index >= 15 is 0 Å². The average molecular weight is 690 g/mol. The average Bonchev–Trinajstić information content (AvgIpc) is 3.76. The van der Waals surface area contributed by atoms with Gasteiger partial charge in [0.15, 0.2) is 0 Å². The first-order chi connectivity index (χ1) is 25.7. The second kappa shape index (κ2) is 12.5. The predicted octanol–water partition coefficient (Wildman–Crippen LogP) is 13.9. The van der Waals surface area contributed by atoms with Gasteiger partial charge in [-0.3, -0.25) is 0 Å². The van der Waals surface area contributed by atoms with Gasteiger partial charge in [-0.05, 0) is 112 Å². The number of hydrogen-bond acceptors (Lipinski definition) is 1. The van der Waals surface area contributed by atoms with Gasteiger partial charge in [0.25, 0.3) is 0 Å². The van der Waals surface area contributed by atoms with Crippen molar-refractivity contribution in [3.63, 3.8) is 0 Å². The second-order valence-corrected chi connectivity index (χ2v) is 17.4. The molecule has 0 fully saturated rings. The van der Waals surface area contributed by atoms with Crippen LogP contribution in [0.3, 0.4) is 0 Å². The molecule has 6 aromatic carbocycles. The second-order valence-electron chi connectivity index (χ2n) is 14.1. The summed E-state index contributed by atoms with van der Waals surface area (Å²) in [4.78, 5) is 4.14. The van der Waals surface area contributed by atoms with Crippen molar-refractivity contribution < 1.29 is 4.42 Å². The highest BCUT2D eigenvalue weighted by atomic mass is 32.3. The molecule has 0 N–H and O–H groups in total. The van der Waals surface area contributed by atoms with Crippen LogP contribution in [-0.4, -0.2) is 9.82 Å². The highest BCUT2D eigenvalue weighted by Gasteiger charge is 2.41. The van der Waals surface area contributed by atoms with Gasteiger partial charge in [0.1, 0.15) is 11.2 Å². The fraction of sp³-hybridized carbons (Fsp3) is 0.102. The molecule has 0 aliphatic heterocycles. The van der Waals surface area contributed by atoms with Gasteiger partial charge < -0.3 is 8.98 Å². The fourth-order valence-electron chi connectivity index (χ4n) is 8.78. The van der Waals surface area contributed by atoms with Crippen LogP contribution in [0, 0.1) is 0 Å². The van der Waals surface area contributed by atoms with E-state index in [-0.39, 0.29) is 5.25 Å². The summed E-state index contributed by atoms with van der Waals surface area (Å²) in [6.45, 7) is 2.39. The lowest BCUT2D eigenvalue weighted by molar-refractivity contribution is 0.669. The van der Waals surface area contributed by atoms with Crippen LogP contribution >= 0.6 is 10.0 Å². The molecule has 252 valence electrons. The number of furan rings is 1. The van der Waals surface area contributed by atoms with Crippen LogP contribution in [0.15, 0.2) is 195 Å². The fourth-order valence-corrected chi connectivity index (χ4v) is 13.3. The highest BCUT2D eigenvalue weighted by molar-refractivity contribution is 8.34. The van der Waals surface area contributed by atoms with E-state index in [9.17, 15) is 0 Å². The molecule has 2 aliphatic rings. The van der Waals surface area contributed by atoms with Crippen LogP contribution in [0.1, 0.15) is 36.9 Å². The Kier molecular flexibility index (Phi) is 7.44. The zero-order chi connectivity index (χ0) is 34.6. The first-order valence-corrected chi connectivity index (χ1v) is 20.0. The summed E-state index contributed by atoms with van der Waals surface area (Å²) < 4.78 is 8.95. The quantitative estimate of drug-likeness (QED) is 0.170. The molecule has 8 aromatic rings. The Bertz CT molecular complexity index is 2710. The molecule has 0 radical (unpaired) electrons. The van der Waals surface area contributed by atoms with Crippen molar-refractivity contribution in [1.82, 2.24) is 4.57 Å². The number of para-hydroxylation sites is 3. The van der Waals surface area contributed by atoms with Gasteiger partial charge in [0.2, 0.25) is 0 Å². The summed E-state index contributed by atoms with van der Waals surface area (Å²) in [6.07, 6.45) is 16.1. The maximum absolute atomic E-state index is 6.38. The number of benzene rings is 6. The van der Waals surface area contributed by atoms with Crippen LogP contribution in [0.5, 0.6) is 0 Å². The molecular formula is C49H39NOS. The van der Waals surface area contributed by atoms with E-state index in [1.165, 1.54) is 48.1 Å². The topological polar surface area (TPSA) is 18.1 Å². The molecule has 2 aromatic heterocycles. The number of nitrogens with zero attached hydrogens (tertiary/aromatic N) is 1. The molecule has 0 bridgehead atoms. The van der Waals surface area contributed by atoms with E-state index in [4.69, 9.17) is 4.42 Å². The Balaban J connectivity index is 1.30.